The van der Waals surface area contributed by atoms with Crippen LogP contribution in [-0.4, -0.2) is 61.2 Å². The third kappa shape index (κ3) is 5.00. The van der Waals surface area contributed by atoms with E-state index in [2.05, 4.69) is 0 Å². The van der Waals surface area contributed by atoms with Crippen molar-refractivity contribution in [1.82, 2.24) is 9.80 Å². The van der Waals surface area contributed by atoms with Crippen LogP contribution in [0.5, 0.6) is 5.75 Å². The second-order valence-electron chi connectivity index (χ2n) is 5.26. The lowest BCUT2D eigenvalue weighted by atomic mass is 10.1. The zero-order valence-corrected chi connectivity index (χ0v) is 13.5. The van der Waals surface area contributed by atoms with Crippen LogP contribution in [0.3, 0.4) is 0 Å². The average molecular weight is 351 g/mol. The first-order chi connectivity index (χ1) is 10.8. The maximum Gasteiger partial charge on any atom is 0.401 e. The first-order valence-corrected chi connectivity index (χ1v) is 7.68. The summed E-state index contributed by atoms with van der Waals surface area (Å²) in [6, 6.07) is 4.76. The number of piperazine rings is 1. The van der Waals surface area contributed by atoms with Crippen molar-refractivity contribution in [2.75, 3.05) is 39.3 Å². The summed E-state index contributed by atoms with van der Waals surface area (Å²) >= 11 is 6.06. The molecule has 0 bridgehead atoms. The minimum absolute atomic E-state index is 0.204. The first-order valence-electron chi connectivity index (χ1n) is 7.31. The fourth-order valence-corrected chi connectivity index (χ4v) is 2.69. The van der Waals surface area contributed by atoms with Crippen LogP contribution < -0.4 is 4.74 Å². The molecular formula is C15H18ClF3N2O2. The van der Waals surface area contributed by atoms with Crippen molar-refractivity contribution in [2.45, 2.75) is 13.1 Å². The van der Waals surface area contributed by atoms with Crippen LogP contribution in [-0.2, 0) is 0 Å². The first kappa shape index (κ1) is 17.9. The number of carbonyl (C=O) groups is 1. The van der Waals surface area contributed by atoms with Gasteiger partial charge in [-0.1, -0.05) is 11.6 Å². The predicted molar refractivity (Wildman–Crippen MR) is 81.0 cm³/mol. The van der Waals surface area contributed by atoms with Crippen molar-refractivity contribution in [3.05, 3.63) is 28.8 Å². The van der Waals surface area contributed by atoms with E-state index >= 15 is 0 Å². The zero-order valence-electron chi connectivity index (χ0n) is 12.7. The standard InChI is InChI=1S/C15H18ClF3N2O2/c1-2-23-13-4-3-11(9-12(13)16)14(22)21-7-5-20(6-8-21)10-15(17,18)19/h3-4,9H,2,5-8,10H2,1H3. The Hall–Kier alpha value is -1.47. The van der Waals surface area contributed by atoms with Crippen LogP contribution in [0.25, 0.3) is 0 Å². The molecule has 1 aliphatic heterocycles. The van der Waals surface area contributed by atoms with Crippen molar-refractivity contribution in [3.63, 3.8) is 0 Å². The molecule has 0 unspecified atom stereocenters. The molecule has 0 saturated carbocycles. The van der Waals surface area contributed by atoms with E-state index in [0.717, 1.165) is 0 Å². The molecule has 0 spiro atoms. The molecule has 8 heteroatoms. The summed E-state index contributed by atoms with van der Waals surface area (Å²) < 4.78 is 42.4. The molecule has 2 rings (SSSR count). The molecule has 1 fully saturated rings. The zero-order chi connectivity index (χ0) is 17.0. The van der Waals surface area contributed by atoms with Gasteiger partial charge in [-0.15, -0.1) is 0 Å². The van der Waals surface area contributed by atoms with Crippen LogP contribution in [0.1, 0.15) is 17.3 Å². The molecule has 0 aliphatic carbocycles. The Morgan fingerprint density at radius 2 is 1.91 bits per heavy atom. The third-order valence-corrected chi connectivity index (χ3v) is 3.84. The Labute approximate surface area is 137 Å². The molecule has 1 heterocycles. The molecule has 1 aliphatic rings. The Morgan fingerprint density at radius 1 is 1.26 bits per heavy atom. The molecule has 0 atom stereocenters. The third-order valence-electron chi connectivity index (χ3n) is 3.54. The Morgan fingerprint density at radius 3 is 2.43 bits per heavy atom. The molecule has 1 saturated heterocycles. The predicted octanol–water partition coefficient (Wildman–Crippen LogP) is 3.06. The lowest BCUT2D eigenvalue weighted by molar-refractivity contribution is -0.148. The van der Waals surface area contributed by atoms with Gasteiger partial charge < -0.3 is 9.64 Å². The summed E-state index contributed by atoms with van der Waals surface area (Å²) in [4.78, 5) is 15.2. The van der Waals surface area contributed by atoms with Gasteiger partial charge in [0.2, 0.25) is 0 Å². The average Bonchev–Trinajstić information content (AvgIpc) is 2.48. The maximum absolute atomic E-state index is 12.4. The van der Waals surface area contributed by atoms with E-state index in [1.165, 1.54) is 11.0 Å². The summed E-state index contributed by atoms with van der Waals surface area (Å²) in [5.74, 6) is 0.266. The van der Waals surface area contributed by atoms with E-state index in [4.69, 9.17) is 16.3 Å². The van der Waals surface area contributed by atoms with Gasteiger partial charge in [-0.2, -0.15) is 13.2 Å². The van der Waals surface area contributed by atoms with Gasteiger partial charge in [0.15, 0.2) is 0 Å². The molecule has 0 N–H and O–H groups in total. The van der Waals surface area contributed by atoms with Gasteiger partial charge >= 0.3 is 6.18 Å². The fraction of sp³-hybridized carbons (Fsp3) is 0.533. The van der Waals surface area contributed by atoms with E-state index in [0.29, 0.717) is 22.9 Å². The highest BCUT2D eigenvalue weighted by atomic mass is 35.5. The number of hydrogen-bond donors (Lipinski definition) is 0. The van der Waals surface area contributed by atoms with E-state index in [1.54, 1.807) is 17.0 Å². The van der Waals surface area contributed by atoms with Crippen LogP contribution >= 0.6 is 11.6 Å². The Balaban J connectivity index is 1.96. The summed E-state index contributed by atoms with van der Waals surface area (Å²) in [7, 11) is 0. The maximum atomic E-state index is 12.4. The van der Waals surface area contributed by atoms with Crippen molar-refractivity contribution in [1.29, 1.82) is 0 Å². The summed E-state index contributed by atoms with van der Waals surface area (Å²) in [6.07, 6.45) is -4.21. The topological polar surface area (TPSA) is 32.8 Å². The molecular weight excluding hydrogens is 333 g/mol. The monoisotopic (exact) mass is 350 g/mol. The molecule has 1 aromatic carbocycles. The second kappa shape index (κ2) is 7.40. The lowest BCUT2D eigenvalue weighted by Gasteiger charge is -2.35. The van der Waals surface area contributed by atoms with Gasteiger partial charge in [-0.25, -0.2) is 0 Å². The fourth-order valence-electron chi connectivity index (χ4n) is 2.45. The SMILES string of the molecule is CCOc1ccc(C(=O)N2CCN(CC(F)(F)F)CC2)cc1Cl. The Bertz CT molecular complexity index is 558. The number of amides is 1. The molecule has 0 radical (unpaired) electrons. The van der Waals surface area contributed by atoms with Crippen LogP contribution in [0.2, 0.25) is 5.02 Å². The van der Waals surface area contributed by atoms with Gasteiger partial charge in [-0.3, -0.25) is 9.69 Å². The molecule has 1 amide bonds. The minimum Gasteiger partial charge on any atom is -0.492 e. The molecule has 128 valence electrons. The van der Waals surface area contributed by atoms with Crippen LogP contribution in [0.15, 0.2) is 18.2 Å². The quantitative estimate of drug-likeness (QED) is 0.836. The lowest BCUT2D eigenvalue weighted by Crippen LogP contribution is -2.50. The van der Waals surface area contributed by atoms with E-state index in [9.17, 15) is 18.0 Å². The van der Waals surface area contributed by atoms with E-state index in [1.807, 2.05) is 6.92 Å². The number of carbonyl (C=O) groups excluding carboxylic acids is 1. The van der Waals surface area contributed by atoms with Crippen molar-refractivity contribution < 1.29 is 22.7 Å². The highest BCUT2D eigenvalue weighted by Crippen LogP contribution is 2.26. The van der Waals surface area contributed by atoms with E-state index < -0.39 is 12.7 Å². The number of hydrogen-bond acceptors (Lipinski definition) is 3. The number of halogens is 4. The highest BCUT2D eigenvalue weighted by Gasteiger charge is 2.33. The second-order valence-corrected chi connectivity index (χ2v) is 5.67. The molecule has 1 aromatic rings. The van der Waals surface area contributed by atoms with Gasteiger partial charge in [0, 0.05) is 31.7 Å². The van der Waals surface area contributed by atoms with Crippen LogP contribution in [0.4, 0.5) is 13.2 Å². The number of rotatable bonds is 4. The summed E-state index contributed by atoms with van der Waals surface area (Å²) in [5.41, 5.74) is 0.405. The number of benzene rings is 1. The van der Waals surface area contributed by atoms with E-state index in [-0.39, 0.29) is 32.1 Å². The summed E-state index contributed by atoms with van der Waals surface area (Å²) in [5, 5.41) is 0.341. The highest BCUT2D eigenvalue weighted by molar-refractivity contribution is 6.32. The molecule has 23 heavy (non-hydrogen) atoms. The summed E-state index contributed by atoms with van der Waals surface area (Å²) in [6.45, 7) is 2.29. The smallest absolute Gasteiger partial charge is 0.401 e. The van der Waals surface area contributed by atoms with Gasteiger partial charge in [0.1, 0.15) is 5.75 Å². The van der Waals surface area contributed by atoms with Gasteiger partial charge in [-0.05, 0) is 25.1 Å². The normalized spacial score (nSPS) is 16.5. The van der Waals surface area contributed by atoms with Crippen molar-refractivity contribution in [3.8, 4) is 5.75 Å². The van der Waals surface area contributed by atoms with Crippen LogP contribution in [0, 0.1) is 0 Å². The van der Waals surface area contributed by atoms with Gasteiger partial charge in [0.05, 0.1) is 18.2 Å². The number of alkyl halides is 3. The van der Waals surface area contributed by atoms with Gasteiger partial charge in [0.25, 0.3) is 5.91 Å². The molecule has 4 nitrogen and oxygen atoms in total. The number of nitrogens with zero attached hydrogens (tertiary/aromatic N) is 2. The van der Waals surface area contributed by atoms with Crippen molar-refractivity contribution in [2.24, 2.45) is 0 Å². The Kier molecular flexibility index (Phi) is 5.75. The minimum atomic E-state index is -4.21. The molecule has 0 aromatic heterocycles. The van der Waals surface area contributed by atoms with Crippen molar-refractivity contribution >= 4 is 17.5 Å². The largest absolute Gasteiger partial charge is 0.492 e. The number of ether oxygens (including phenoxy) is 1.